The third kappa shape index (κ3) is 3.17. The van der Waals surface area contributed by atoms with Crippen LogP contribution in [0.4, 0.5) is 26.3 Å². The SMILES string of the molecule is Cn1c(=O)n(CC(F)(F)C(F)(F)F)c2cnc(-c3c(F)cc(C4(C#N)CC4)c[n+]3[O-])cc21. The Labute approximate surface area is 175 Å². The first kappa shape index (κ1) is 21.7. The van der Waals surface area contributed by atoms with Crippen LogP contribution in [0.3, 0.4) is 0 Å². The van der Waals surface area contributed by atoms with Crippen LogP contribution in [0, 0.1) is 22.4 Å². The monoisotopic (exact) mass is 457 g/mol. The molecule has 3 aromatic rings. The largest absolute Gasteiger partial charge is 0.618 e. The van der Waals surface area contributed by atoms with Crippen LogP contribution in [0.2, 0.25) is 0 Å². The van der Waals surface area contributed by atoms with Gasteiger partial charge in [0.25, 0.3) is 5.69 Å². The maximum Gasteiger partial charge on any atom is 0.455 e. The average Bonchev–Trinajstić information content (AvgIpc) is 3.47. The highest BCUT2D eigenvalue weighted by Crippen LogP contribution is 2.47. The second-order valence-corrected chi connectivity index (χ2v) is 7.63. The third-order valence-electron chi connectivity index (χ3n) is 5.55. The number of aryl methyl sites for hydroxylation is 1. The molecule has 1 saturated carbocycles. The molecule has 0 aromatic carbocycles. The Morgan fingerprint density at radius 1 is 1.25 bits per heavy atom. The van der Waals surface area contributed by atoms with Crippen molar-refractivity contribution in [3.63, 3.8) is 0 Å². The highest BCUT2D eigenvalue weighted by Gasteiger charge is 2.58. The Hall–Kier alpha value is -3.56. The molecule has 3 heterocycles. The molecular weight excluding hydrogens is 444 g/mol. The summed E-state index contributed by atoms with van der Waals surface area (Å²) in [5, 5.41) is 21.7. The highest BCUT2D eigenvalue weighted by atomic mass is 19.4. The molecule has 168 valence electrons. The number of imidazole rings is 1. The van der Waals surface area contributed by atoms with Crippen molar-refractivity contribution in [1.82, 2.24) is 14.1 Å². The molecule has 32 heavy (non-hydrogen) atoms. The fourth-order valence-corrected chi connectivity index (χ4v) is 3.50. The molecule has 0 unspecified atom stereocenters. The summed E-state index contributed by atoms with van der Waals surface area (Å²) in [4.78, 5) is 16.1. The summed E-state index contributed by atoms with van der Waals surface area (Å²) in [5.41, 5.74) is -3.19. The second-order valence-electron chi connectivity index (χ2n) is 7.63. The fourth-order valence-electron chi connectivity index (χ4n) is 3.50. The molecule has 0 bridgehead atoms. The zero-order chi connectivity index (χ0) is 23.6. The first-order valence-electron chi connectivity index (χ1n) is 9.16. The van der Waals surface area contributed by atoms with Gasteiger partial charge >= 0.3 is 17.8 Å². The number of nitriles is 1. The van der Waals surface area contributed by atoms with E-state index in [-0.39, 0.29) is 31.6 Å². The Bertz CT molecular complexity index is 1320. The summed E-state index contributed by atoms with van der Waals surface area (Å²) in [7, 11) is 1.13. The van der Waals surface area contributed by atoms with E-state index < -0.39 is 41.3 Å². The molecule has 1 fully saturated rings. The van der Waals surface area contributed by atoms with Crippen molar-refractivity contribution in [1.29, 1.82) is 5.26 Å². The van der Waals surface area contributed by atoms with Crippen molar-refractivity contribution in [3.05, 3.63) is 51.6 Å². The fraction of sp³-hybridized carbons (Fsp3) is 0.368. The number of hydrogen-bond acceptors (Lipinski definition) is 4. The van der Waals surface area contributed by atoms with Gasteiger partial charge in [-0.15, -0.1) is 0 Å². The standard InChI is InChI=1S/C19H13F6N5O2/c1-28-13-5-12(15-11(20)4-10(7-30(15)32)17(8-26)2-3-17)27-6-14(13)29(16(28)31)9-18(21,22)19(23,24)25/h4-7H,2-3,9H2,1H3. The molecule has 3 aromatic heterocycles. The summed E-state index contributed by atoms with van der Waals surface area (Å²) in [6.07, 6.45) is -3.06. The Morgan fingerprint density at radius 2 is 1.91 bits per heavy atom. The van der Waals surface area contributed by atoms with Crippen molar-refractivity contribution in [2.45, 2.75) is 36.9 Å². The van der Waals surface area contributed by atoms with Crippen LogP contribution in [0.15, 0.2) is 29.3 Å². The molecule has 0 saturated heterocycles. The van der Waals surface area contributed by atoms with E-state index in [9.17, 15) is 41.6 Å². The predicted octanol–water partition coefficient (Wildman–Crippen LogP) is 2.93. The van der Waals surface area contributed by atoms with E-state index in [4.69, 9.17) is 0 Å². The summed E-state index contributed by atoms with van der Waals surface area (Å²) < 4.78 is 80.8. The van der Waals surface area contributed by atoms with Crippen molar-refractivity contribution in [2.24, 2.45) is 7.05 Å². The molecule has 0 amide bonds. The quantitative estimate of drug-likeness (QED) is 0.342. The molecule has 4 rings (SSSR count). The first-order chi connectivity index (χ1) is 14.8. The van der Waals surface area contributed by atoms with Gasteiger partial charge in [-0.3, -0.25) is 9.13 Å². The van der Waals surface area contributed by atoms with Gasteiger partial charge in [-0.1, -0.05) is 0 Å². The normalized spacial score (nSPS) is 15.7. The smallest absolute Gasteiger partial charge is 0.455 e. The van der Waals surface area contributed by atoms with E-state index >= 15 is 0 Å². The maximum atomic E-state index is 14.8. The van der Waals surface area contributed by atoms with Crippen LogP contribution in [0.1, 0.15) is 18.4 Å². The maximum absolute atomic E-state index is 14.8. The van der Waals surface area contributed by atoms with E-state index in [2.05, 4.69) is 4.98 Å². The van der Waals surface area contributed by atoms with Gasteiger partial charge in [0, 0.05) is 12.6 Å². The van der Waals surface area contributed by atoms with Gasteiger partial charge in [-0.25, -0.2) is 9.78 Å². The van der Waals surface area contributed by atoms with E-state index in [0.717, 1.165) is 36.1 Å². The first-order valence-corrected chi connectivity index (χ1v) is 9.16. The molecular formula is C19H13F6N5O2. The molecule has 0 aliphatic heterocycles. The van der Waals surface area contributed by atoms with Gasteiger partial charge in [-0.05, 0) is 25.0 Å². The number of fused-ring (bicyclic) bond motifs is 1. The summed E-state index contributed by atoms with van der Waals surface area (Å²) in [5.74, 6) is -6.18. The minimum absolute atomic E-state index is 0.128. The van der Waals surface area contributed by atoms with Crippen LogP contribution in [-0.2, 0) is 19.0 Å². The van der Waals surface area contributed by atoms with Crippen LogP contribution < -0.4 is 10.4 Å². The number of pyridine rings is 2. The van der Waals surface area contributed by atoms with E-state index in [0.29, 0.717) is 12.8 Å². The third-order valence-corrected chi connectivity index (χ3v) is 5.55. The topological polar surface area (TPSA) is 90.5 Å². The lowest BCUT2D eigenvalue weighted by Gasteiger charge is -2.19. The summed E-state index contributed by atoms with van der Waals surface area (Å²) >= 11 is 0. The zero-order valence-corrected chi connectivity index (χ0v) is 16.3. The lowest BCUT2D eigenvalue weighted by atomic mass is 9.99. The molecule has 0 radical (unpaired) electrons. The van der Waals surface area contributed by atoms with Gasteiger partial charge in [0.1, 0.15) is 12.2 Å². The van der Waals surface area contributed by atoms with E-state index in [1.807, 2.05) is 6.07 Å². The minimum atomic E-state index is -5.87. The number of rotatable bonds is 4. The summed E-state index contributed by atoms with van der Waals surface area (Å²) in [6.45, 7) is -1.96. The van der Waals surface area contributed by atoms with Gasteiger partial charge in [0.15, 0.2) is 12.0 Å². The Balaban J connectivity index is 1.82. The lowest BCUT2D eigenvalue weighted by Crippen LogP contribution is -2.42. The van der Waals surface area contributed by atoms with Crippen molar-refractivity contribution in [3.8, 4) is 17.5 Å². The van der Waals surface area contributed by atoms with Crippen LogP contribution in [0.5, 0.6) is 0 Å². The van der Waals surface area contributed by atoms with Gasteiger partial charge < -0.3 is 5.21 Å². The van der Waals surface area contributed by atoms with E-state index in [1.165, 1.54) is 0 Å². The van der Waals surface area contributed by atoms with Crippen LogP contribution >= 0.6 is 0 Å². The lowest BCUT2D eigenvalue weighted by molar-refractivity contribution is -0.595. The Kier molecular flexibility index (Phi) is 4.55. The number of aromatic nitrogens is 4. The molecule has 7 nitrogen and oxygen atoms in total. The molecule has 13 heteroatoms. The van der Waals surface area contributed by atoms with Gasteiger partial charge in [0.2, 0.25) is 0 Å². The molecule has 0 atom stereocenters. The second kappa shape index (κ2) is 6.72. The number of alkyl halides is 5. The van der Waals surface area contributed by atoms with Crippen molar-refractivity contribution < 1.29 is 31.1 Å². The predicted molar refractivity (Wildman–Crippen MR) is 96.9 cm³/mol. The van der Waals surface area contributed by atoms with Crippen molar-refractivity contribution >= 4 is 11.0 Å². The van der Waals surface area contributed by atoms with Gasteiger partial charge in [-0.2, -0.15) is 36.3 Å². The van der Waals surface area contributed by atoms with E-state index in [1.54, 1.807) is 0 Å². The molecule has 0 spiro atoms. The minimum Gasteiger partial charge on any atom is -0.618 e. The van der Waals surface area contributed by atoms with Crippen LogP contribution in [-0.4, -0.2) is 26.2 Å². The molecule has 1 aliphatic rings. The number of halogens is 6. The van der Waals surface area contributed by atoms with Gasteiger partial charge in [0.05, 0.1) is 28.7 Å². The molecule has 1 aliphatic carbocycles. The number of hydrogen-bond donors (Lipinski definition) is 0. The Morgan fingerprint density at radius 3 is 2.44 bits per heavy atom. The zero-order valence-electron chi connectivity index (χ0n) is 16.3. The van der Waals surface area contributed by atoms with Crippen LogP contribution in [0.25, 0.3) is 22.4 Å². The average molecular weight is 457 g/mol. The number of nitrogens with zero attached hydrogens (tertiary/aromatic N) is 5. The highest BCUT2D eigenvalue weighted by molar-refractivity contribution is 5.79. The molecule has 0 N–H and O–H groups in total. The summed E-state index contributed by atoms with van der Waals surface area (Å²) in [6, 6.07) is 4.11. The van der Waals surface area contributed by atoms with Crippen molar-refractivity contribution in [2.75, 3.05) is 0 Å².